The lowest BCUT2D eigenvalue weighted by molar-refractivity contribution is 0.00545. The van der Waals surface area contributed by atoms with E-state index < -0.39 is 12.2 Å². The molecule has 0 amide bonds. The number of anilines is 1. The molecule has 4 atom stereocenters. The van der Waals surface area contributed by atoms with Crippen molar-refractivity contribution in [1.82, 2.24) is 23.9 Å². The highest BCUT2D eigenvalue weighted by Gasteiger charge is 2.42. The fourth-order valence-corrected chi connectivity index (χ4v) is 4.82. The van der Waals surface area contributed by atoms with Gasteiger partial charge in [0, 0.05) is 12.4 Å². The molecule has 8 nitrogen and oxygen atoms in total. The number of rotatable bonds is 4. The molecule has 0 bridgehead atoms. The first-order chi connectivity index (χ1) is 14.0. The van der Waals surface area contributed by atoms with Crippen LogP contribution in [0.1, 0.15) is 24.4 Å². The number of hydrogen-bond donors (Lipinski definition) is 3. The van der Waals surface area contributed by atoms with Crippen LogP contribution in [0.25, 0.3) is 16.7 Å². The van der Waals surface area contributed by atoms with Crippen LogP contribution in [0, 0.1) is 5.92 Å². The van der Waals surface area contributed by atoms with Crippen LogP contribution < -0.4 is 5.73 Å². The first-order valence-electron chi connectivity index (χ1n) is 9.57. The predicted molar refractivity (Wildman–Crippen MR) is 112 cm³/mol. The normalized spacial score (nSPS) is 24.7. The second-order valence-corrected chi connectivity index (χ2v) is 8.46. The van der Waals surface area contributed by atoms with Crippen molar-refractivity contribution in [3.63, 3.8) is 0 Å². The Bertz CT molecular complexity index is 1190. The Kier molecular flexibility index (Phi) is 4.53. The Balaban J connectivity index is 1.34. The number of aliphatic hydroxyl groups is 2. The fraction of sp³-hybridized carbons (Fsp3) is 0.350. The molecule has 4 N–H and O–H groups in total. The van der Waals surface area contributed by atoms with Gasteiger partial charge in [-0.05, 0) is 64.9 Å². The summed E-state index contributed by atoms with van der Waals surface area (Å²) < 4.78 is 4.80. The molecular weight excluding hydrogens is 436 g/mol. The smallest absolute Gasteiger partial charge is 0.145 e. The van der Waals surface area contributed by atoms with Gasteiger partial charge in [-0.15, -0.1) is 0 Å². The van der Waals surface area contributed by atoms with Crippen molar-refractivity contribution in [3.05, 3.63) is 53.3 Å². The molecule has 4 aromatic heterocycles. The molecule has 4 heterocycles. The van der Waals surface area contributed by atoms with E-state index in [4.69, 9.17) is 5.73 Å². The molecular formula is C20H21BrN6O2. The zero-order valence-corrected chi connectivity index (χ0v) is 17.1. The number of halogens is 1. The number of nitrogen functional groups attached to an aromatic ring is 1. The van der Waals surface area contributed by atoms with Crippen LogP contribution in [-0.4, -0.2) is 46.3 Å². The molecule has 0 spiro atoms. The maximum absolute atomic E-state index is 10.7. The van der Waals surface area contributed by atoms with Crippen LogP contribution in [0.15, 0.2) is 47.7 Å². The first-order valence-corrected chi connectivity index (χ1v) is 10.4. The number of aryl methyl sites for hydroxylation is 1. The summed E-state index contributed by atoms with van der Waals surface area (Å²) in [5.41, 5.74) is 8.65. The second kappa shape index (κ2) is 7.08. The maximum Gasteiger partial charge on any atom is 0.145 e. The van der Waals surface area contributed by atoms with Crippen molar-refractivity contribution in [3.8, 4) is 0 Å². The molecule has 1 aliphatic rings. The summed E-state index contributed by atoms with van der Waals surface area (Å²) in [7, 11) is 0. The number of nitrogens with two attached hydrogens (primary N) is 1. The molecule has 1 fully saturated rings. The Morgan fingerprint density at radius 1 is 1.14 bits per heavy atom. The lowest BCUT2D eigenvalue weighted by Gasteiger charge is -2.19. The van der Waals surface area contributed by atoms with E-state index in [-0.39, 0.29) is 12.0 Å². The van der Waals surface area contributed by atoms with Crippen molar-refractivity contribution >= 4 is 38.4 Å². The largest absolute Gasteiger partial charge is 0.390 e. The van der Waals surface area contributed by atoms with E-state index in [2.05, 4.69) is 43.0 Å². The monoisotopic (exact) mass is 456 g/mol. The van der Waals surface area contributed by atoms with Gasteiger partial charge in [0.25, 0.3) is 0 Å². The van der Waals surface area contributed by atoms with Crippen LogP contribution in [0.4, 0.5) is 5.82 Å². The molecule has 29 heavy (non-hydrogen) atoms. The van der Waals surface area contributed by atoms with Gasteiger partial charge in [0.15, 0.2) is 0 Å². The van der Waals surface area contributed by atoms with Crippen molar-refractivity contribution in [2.45, 2.75) is 37.5 Å². The number of fused-ring (bicyclic) bond motifs is 2. The van der Waals surface area contributed by atoms with Gasteiger partial charge < -0.3 is 20.5 Å². The van der Waals surface area contributed by atoms with E-state index in [1.165, 1.54) is 6.33 Å². The molecule has 4 aromatic rings. The number of pyridine rings is 1. The summed E-state index contributed by atoms with van der Waals surface area (Å²) in [6.45, 7) is 0. The summed E-state index contributed by atoms with van der Waals surface area (Å²) in [5, 5.41) is 22.1. The van der Waals surface area contributed by atoms with E-state index in [1.807, 2.05) is 27.4 Å². The summed E-state index contributed by atoms with van der Waals surface area (Å²) >= 11 is 3.47. The summed E-state index contributed by atoms with van der Waals surface area (Å²) in [6, 6.07) is 5.73. The second-order valence-electron chi connectivity index (χ2n) is 7.65. The standard InChI is InChI=1S/C20H21BrN6O2/c21-15-9-23-16-7-11(3-5-27(15)16)1-2-12-8-14(18(29)17(12)28)26-6-4-13-19(22)24-10-25-20(13)26/h3-7,9-10,12,14,17-18,28-29H,1-2,8H2,(H2,22,24,25)/t12-,14+,17+,18-/m0/s1. The molecule has 150 valence electrons. The van der Waals surface area contributed by atoms with Crippen molar-refractivity contribution in [1.29, 1.82) is 0 Å². The molecule has 0 aliphatic heterocycles. The van der Waals surface area contributed by atoms with Crippen LogP contribution in [0.5, 0.6) is 0 Å². The van der Waals surface area contributed by atoms with E-state index in [0.717, 1.165) is 34.0 Å². The van der Waals surface area contributed by atoms with Crippen LogP contribution in [-0.2, 0) is 6.42 Å². The van der Waals surface area contributed by atoms with Gasteiger partial charge in [-0.2, -0.15) is 0 Å². The fourth-order valence-electron chi connectivity index (χ4n) is 4.42. The minimum atomic E-state index is -0.850. The van der Waals surface area contributed by atoms with Crippen LogP contribution >= 0.6 is 15.9 Å². The molecule has 9 heteroatoms. The zero-order valence-electron chi connectivity index (χ0n) is 15.6. The quantitative estimate of drug-likeness (QED) is 0.434. The number of aromatic nitrogens is 5. The number of imidazole rings is 1. The number of hydrogen-bond acceptors (Lipinski definition) is 6. The highest BCUT2D eigenvalue weighted by Crippen LogP contribution is 2.39. The zero-order chi connectivity index (χ0) is 20.1. The van der Waals surface area contributed by atoms with E-state index in [1.54, 1.807) is 6.20 Å². The molecule has 0 aromatic carbocycles. The molecule has 0 saturated heterocycles. The predicted octanol–water partition coefficient (Wildman–Crippen LogP) is 2.34. The van der Waals surface area contributed by atoms with Crippen molar-refractivity contribution < 1.29 is 10.2 Å². The highest BCUT2D eigenvalue weighted by atomic mass is 79.9. The average Bonchev–Trinajstić information content (AvgIpc) is 3.39. The van der Waals surface area contributed by atoms with Crippen molar-refractivity contribution in [2.24, 2.45) is 5.92 Å². The average molecular weight is 457 g/mol. The summed E-state index contributed by atoms with van der Waals surface area (Å²) in [6.07, 6.45) is 7.69. The first kappa shape index (κ1) is 18.5. The molecule has 1 aliphatic carbocycles. The van der Waals surface area contributed by atoms with Gasteiger partial charge in [-0.3, -0.25) is 4.40 Å². The minimum Gasteiger partial charge on any atom is -0.390 e. The minimum absolute atomic E-state index is 0.00524. The SMILES string of the molecule is Nc1ncnc2c1ccn2[C@@H]1C[C@H](CCc2ccn3c(Br)cnc3c2)[C@@H](O)[C@H]1O. The number of nitrogens with zero attached hydrogens (tertiary/aromatic N) is 5. The van der Waals surface area contributed by atoms with E-state index >= 15 is 0 Å². The Hall–Kier alpha value is -2.49. The third-order valence-corrected chi connectivity index (χ3v) is 6.59. The molecule has 5 rings (SSSR count). The Labute approximate surface area is 175 Å². The molecule has 0 unspecified atom stereocenters. The third kappa shape index (κ3) is 3.09. The Morgan fingerprint density at radius 3 is 2.86 bits per heavy atom. The van der Waals surface area contributed by atoms with Crippen LogP contribution in [0.2, 0.25) is 0 Å². The summed E-state index contributed by atoms with van der Waals surface area (Å²) in [4.78, 5) is 12.7. The maximum atomic E-state index is 10.7. The van der Waals surface area contributed by atoms with Gasteiger partial charge >= 0.3 is 0 Å². The van der Waals surface area contributed by atoms with Gasteiger partial charge in [-0.25, -0.2) is 15.0 Å². The van der Waals surface area contributed by atoms with E-state index in [0.29, 0.717) is 17.9 Å². The topological polar surface area (TPSA) is 114 Å². The van der Waals surface area contributed by atoms with Crippen LogP contribution in [0.3, 0.4) is 0 Å². The van der Waals surface area contributed by atoms with Gasteiger partial charge in [-0.1, -0.05) is 0 Å². The van der Waals surface area contributed by atoms with Gasteiger partial charge in [0.1, 0.15) is 34.1 Å². The lowest BCUT2D eigenvalue weighted by Crippen LogP contribution is -2.29. The third-order valence-electron chi connectivity index (χ3n) is 6.01. The van der Waals surface area contributed by atoms with Gasteiger partial charge in [0.2, 0.25) is 0 Å². The number of aliphatic hydroxyl groups excluding tert-OH is 2. The van der Waals surface area contributed by atoms with Crippen molar-refractivity contribution in [2.75, 3.05) is 5.73 Å². The highest BCUT2D eigenvalue weighted by molar-refractivity contribution is 9.10. The summed E-state index contributed by atoms with van der Waals surface area (Å²) in [5.74, 6) is 0.411. The molecule has 1 saturated carbocycles. The Morgan fingerprint density at radius 2 is 2.00 bits per heavy atom. The van der Waals surface area contributed by atoms with Gasteiger partial charge in [0.05, 0.1) is 23.7 Å². The molecule has 0 radical (unpaired) electrons. The lowest BCUT2D eigenvalue weighted by atomic mass is 9.96. The van der Waals surface area contributed by atoms with E-state index in [9.17, 15) is 10.2 Å².